The molecule has 2 aliphatic rings. The molecule has 0 radical (unpaired) electrons. The highest BCUT2D eigenvalue weighted by molar-refractivity contribution is 5.85. The maximum absolute atomic E-state index is 6.14. The van der Waals surface area contributed by atoms with Crippen LogP contribution in [0.15, 0.2) is 16.9 Å². The van der Waals surface area contributed by atoms with Gasteiger partial charge in [-0.1, -0.05) is 5.16 Å². The van der Waals surface area contributed by atoms with Crippen LogP contribution in [0, 0.1) is 0 Å². The molecule has 0 amide bonds. The first-order valence-corrected chi connectivity index (χ1v) is 9.42. The molecule has 2 saturated heterocycles. The molecule has 160 valence electrons. The highest BCUT2D eigenvalue weighted by Gasteiger charge is 2.28. The van der Waals surface area contributed by atoms with Gasteiger partial charge in [0, 0.05) is 56.4 Å². The second-order valence-corrected chi connectivity index (χ2v) is 7.59. The first-order chi connectivity index (χ1) is 13.5. The number of hydrogen-bond acceptors (Lipinski definition) is 12. The van der Waals surface area contributed by atoms with E-state index in [0.717, 1.165) is 12.8 Å². The Bertz CT molecular complexity index is 727. The Balaban J connectivity index is 0.00000240. The van der Waals surface area contributed by atoms with Crippen LogP contribution in [0.5, 0.6) is 0 Å². The van der Waals surface area contributed by atoms with E-state index in [4.69, 9.17) is 27.5 Å². The number of anilines is 4. The van der Waals surface area contributed by atoms with Gasteiger partial charge in [-0.05, 0) is 12.8 Å². The van der Waals surface area contributed by atoms with Crippen molar-refractivity contribution in [1.82, 2.24) is 20.1 Å². The van der Waals surface area contributed by atoms with Gasteiger partial charge >= 0.3 is 0 Å². The maximum Gasteiger partial charge on any atom is 0.235 e. The Morgan fingerprint density at radius 1 is 0.828 bits per heavy atom. The second kappa shape index (κ2) is 9.05. The average Bonchev–Trinajstić information content (AvgIpc) is 3.13. The summed E-state index contributed by atoms with van der Waals surface area (Å²) in [5.41, 5.74) is 24.6. The number of nitrogens with two attached hydrogens (primary N) is 4. The first kappa shape index (κ1) is 21.5. The summed E-state index contributed by atoms with van der Waals surface area (Å²) in [6.07, 6.45) is 3.01. The van der Waals surface area contributed by atoms with Crippen LogP contribution in [0.25, 0.3) is 0 Å². The largest absolute Gasteiger partial charge is 0.363 e. The number of halogens is 1. The van der Waals surface area contributed by atoms with Gasteiger partial charge in [-0.15, -0.1) is 12.4 Å². The van der Waals surface area contributed by atoms with Gasteiger partial charge in [0.1, 0.15) is 6.26 Å². The van der Waals surface area contributed by atoms with Crippen LogP contribution in [0.4, 0.5) is 23.7 Å². The van der Waals surface area contributed by atoms with Crippen molar-refractivity contribution in [2.75, 3.05) is 41.3 Å². The third-order valence-electron chi connectivity index (χ3n) is 4.89. The predicted molar refractivity (Wildman–Crippen MR) is 112 cm³/mol. The van der Waals surface area contributed by atoms with E-state index in [1.54, 1.807) is 6.07 Å². The Kier molecular flexibility index (Phi) is 6.70. The fourth-order valence-corrected chi connectivity index (χ4v) is 3.77. The molecule has 2 aromatic heterocycles. The topological polar surface area (TPSA) is 187 Å². The Morgan fingerprint density at radius 2 is 1.31 bits per heavy atom. The number of nitrogens with zero attached hydrogens (tertiary/aromatic N) is 6. The average molecular weight is 426 g/mol. The number of hydrogen-bond donors (Lipinski definition) is 5. The lowest BCUT2D eigenvalue weighted by Gasteiger charge is -2.36. The van der Waals surface area contributed by atoms with Crippen molar-refractivity contribution in [1.29, 1.82) is 0 Å². The van der Waals surface area contributed by atoms with Gasteiger partial charge in [-0.2, -0.15) is 15.0 Å². The van der Waals surface area contributed by atoms with Gasteiger partial charge in [0.15, 0.2) is 5.82 Å². The van der Waals surface area contributed by atoms with Crippen LogP contribution in [-0.4, -0.2) is 70.5 Å². The SMILES string of the molecule is Cl.N[C@@H]1C[C@H](N)CN(c2nc(Nc3ccon3)nc(N3C[C@H](N)C[C@H](N)C3)n2)C1. The monoisotopic (exact) mass is 425 g/mol. The van der Waals surface area contributed by atoms with E-state index in [1.165, 1.54) is 6.26 Å². The van der Waals surface area contributed by atoms with E-state index in [2.05, 4.69) is 25.4 Å². The number of nitrogens with one attached hydrogen (secondary N) is 1. The van der Waals surface area contributed by atoms with E-state index in [-0.39, 0.29) is 36.6 Å². The summed E-state index contributed by atoms with van der Waals surface area (Å²) in [7, 11) is 0. The predicted octanol–water partition coefficient (Wildman–Crippen LogP) is -1.25. The Morgan fingerprint density at radius 3 is 1.72 bits per heavy atom. The van der Waals surface area contributed by atoms with E-state index >= 15 is 0 Å². The summed E-state index contributed by atoms with van der Waals surface area (Å²) < 4.78 is 4.87. The summed E-state index contributed by atoms with van der Waals surface area (Å²) >= 11 is 0. The molecule has 2 fully saturated rings. The van der Waals surface area contributed by atoms with Crippen molar-refractivity contribution in [3.63, 3.8) is 0 Å². The molecule has 29 heavy (non-hydrogen) atoms. The zero-order chi connectivity index (χ0) is 19.7. The van der Waals surface area contributed by atoms with E-state index in [1.807, 2.05) is 9.80 Å². The van der Waals surface area contributed by atoms with E-state index in [0.29, 0.717) is 49.8 Å². The van der Waals surface area contributed by atoms with Crippen molar-refractivity contribution in [2.24, 2.45) is 22.9 Å². The van der Waals surface area contributed by atoms with Crippen molar-refractivity contribution in [3.05, 3.63) is 12.3 Å². The van der Waals surface area contributed by atoms with Gasteiger partial charge in [0.2, 0.25) is 17.8 Å². The summed E-state index contributed by atoms with van der Waals surface area (Å²) in [6.45, 7) is 2.50. The molecule has 2 aromatic rings. The molecule has 4 rings (SSSR count). The first-order valence-electron chi connectivity index (χ1n) is 9.42. The summed E-state index contributed by atoms with van der Waals surface area (Å²) in [5.74, 6) is 1.88. The van der Waals surface area contributed by atoms with Crippen LogP contribution in [0.2, 0.25) is 0 Å². The lowest BCUT2D eigenvalue weighted by molar-refractivity contribution is 0.422. The standard InChI is InChI=1S/C16H27N11O.ClH/c17-9-3-10(18)6-26(5-9)15-22-14(21-13-1-2-28-25-13)23-16(24-15)27-7-11(19)4-12(20)8-27;/h1-2,9-12H,3-8,17-20H2,(H,21,22,23,24,25);1H/t9-,10+,11-,12+;. The number of rotatable bonds is 4. The fourth-order valence-electron chi connectivity index (χ4n) is 3.77. The van der Waals surface area contributed by atoms with Gasteiger partial charge in [-0.25, -0.2) is 0 Å². The summed E-state index contributed by atoms with van der Waals surface area (Å²) in [5, 5.41) is 6.89. The molecule has 2 aliphatic heterocycles. The van der Waals surface area contributed by atoms with Crippen molar-refractivity contribution in [2.45, 2.75) is 37.0 Å². The van der Waals surface area contributed by atoms with Gasteiger partial charge in [0.05, 0.1) is 0 Å². The molecular formula is C16H28ClN11O. The molecule has 13 heteroatoms. The maximum atomic E-state index is 6.14. The summed E-state index contributed by atoms with van der Waals surface area (Å²) in [4.78, 5) is 17.7. The second-order valence-electron chi connectivity index (χ2n) is 7.59. The molecular weight excluding hydrogens is 398 g/mol. The normalized spacial score (nSPS) is 27.4. The molecule has 0 aromatic carbocycles. The van der Waals surface area contributed by atoms with Crippen LogP contribution < -0.4 is 38.1 Å². The molecule has 0 unspecified atom stereocenters. The molecule has 12 nitrogen and oxygen atoms in total. The van der Waals surface area contributed by atoms with Crippen molar-refractivity contribution >= 4 is 36.1 Å². The summed E-state index contributed by atoms with van der Waals surface area (Å²) in [6, 6.07) is 1.55. The van der Waals surface area contributed by atoms with E-state index < -0.39 is 0 Å². The van der Waals surface area contributed by atoms with Crippen LogP contribution in [0.3, 0.4) is 0 Å². The molecule has 9 N–H and O–H groups in total. The molecule has 0 saturated carbocycles. The highest BCUT2D eigenvalue weighted by Crippen LogP contribution is 2.23. The quantitative estimate of drug-likeness (QED) is 0.392. The minimum Gasteiger partial charge on any atom is -0.363 e. The lowest BCUT2D eigenvalue weighted by Crippen LogP contribution is -2.54. The van der Waals surface area contributed by atoms with Gasteiger partial charge in [0.25, 0.3) is 0 Å². The van der Waals surface area contributed by atoms with Crippen LogP contribution in [0.1, 0.15) is 12.8 Å². The molecule has 0 bridgehead atoms. The Labute approximate surface area is 174 Å². The molecule has 4 atom stereocenters. The Hall–Kier alpha value is -2.25. The third-order valence-corrected chi connectivity index (χ3v) is 4.89. The molecule has 0 spiro atoms. The molecule has 0 aliphatic carbocycles. The minimum absolute atomic E-state index is 0. The van der Waals surface area contributed by atoms with Crippen LogP contribution in [-0.2, 0) is 0 Å². The van der Waals surface area contributed by atoms with Crippen LogP contribution >= 0.6 is 12.4 Å². The zero-order valence-electron chi connectivity index (χ0n) is 16.0. The van der Waals surface area contributed by atoms with E-state index in [9.17, 15) is 0 Å². The fraction of sp³-hybridized carbons (Fsp3) is 0.625. The number of piperidine rings is 2. The van der Waals surface area contributed by atoms with Gasteiger partial charge < -0.3 is 42.6 Å². The van der Waals surface area contributed by atoms with Crippen molar-refractivity contribution < 1.29 is 4.52 Å². The third kappa shape index (κ3) is 5.22. The number of aromatic nitrogens is 4. The molecule has 4 heterocycles. The minimum atomic E-state index is -0.0345. The smallest absolute Gasteiger partial charge is 0.235 e. The van der Waals surface area contributed by atoms with Gasteiger partial charge in [-0.3, -0.25) is 0 Å². The lowest BCUT2D eigenvalue weighted by atomic mass is 10.0. The highest BCUT2D eigenvalue weighted by atomic mass is 35.5. The van der Waals surface area contributed by atoms with Crippen molar-refractivity contribution in [3.8, 4) is 0 Å². The zero-order valence-corrected chi connectivity index (χ0v) is 16.8.